The minimum absolute atomic E-state index is 0.264. The molecule has 1 aliphatic rings. The maximum absolute atomic E-state index is 14.4. The quantitative estimate of drug-likeness (QED) is 0.799. The van der Waals surface area contributed by atoms with Crippen LogP contribution in [0.1, 0.15) is 26.0 Å². The highest BCUT2D eigenvalue weighted by atomic mass is 19.1. The van der Waals surface area contributed by atoms with Crippen LogP contribution in [0.2, 0.25) is 0 Å². The van der Waals surface area contributed by atoms with Gasteiger partial charge in [-0.1, -0.05) is 13.8 Å². The molecular weight excluding hydrogens is 271 g/mol. The van der Waals surface area contributed by atoms with Gasteiger partial charge in [-0.2, -0.15) is 0 Å². The maximum atomic E-state index is 14.4. The van der Waals surface area contributed by atoms with Crippen LogP contribution in [0.25, 0.3) is 0 Å². The number of nitrogens with zero attached hydrogens (tertiary/aromatic N) is 4. The van der Waals surface area contributed by atoms with Crippen molar-refractivity contribution in [3.63, 3.8) is 0 Å². The number of ether oxygens (including phenoxy) is 1. The lowest BCUT2D eigenvalue weighted by molar-refractivity contribution is 0.109. The van der Waals surface area contributed by atoms with E-state index in [9.17, 15) is 4.39 Å². The second kappa shape index (κ2) is 7.66. The van der Waals surface area contributed by atoms with E-state index in [1.54, 1.807) is 7.11 Å². The number of halogens is 1. The summed E-state index contributed by atoms with van der Waals surface area (Å²) in [5.41, 5.74) is 0.495. The van der Waals surface area contributed by atoms with Crippen LogP contribution in [0, 0.1) is 5.82 Å². The third-order valence-corrected chi connectivity index (χ3v) is 4.14. The van der Waals surface area contributed by atoms with Gasteiger partial charge in [0.2, 0.25) is 0 Å². The van der Waals surface area contributed by atoms with E-state index in [0.717, 1.165) is 39.2 Å². The van der Waals surface area contributed by atoms with Crippen molar-refractivity contribution >= 4 is 5.82 Å². The molecule has 0 aromatic carbocycles. The fourth-order valence-electron chi connectivity index (χ4n) is 2.84. The van der Waals surface area contributed by atoms with Crippen molar-refractivity contribution in [1.29, 1.82) is 0 Å². The van der Waals surface area contributed by atoms with Gasteiger partial charge in [-0.3, -0.25) is 4.90 Å². The standard InChI is InChI=1S/C15H25FN4O/c1-4-12-10-20(7-6-19(12)8-9-21-3)15-14(16)13(5-2)17-11-18-15/h11-12H,4-10H2,1-3H3. The molecule has 0 radical (unpaired) electrons. The number of aryl methyl sites for hydroxylation is 1. The van der Waals surface area contributed by atoms with Crippen LogP contribution in [-0.4, -0.2) is 60.8 Å². The molecule has 0 amide bonds. The zero-order valence-corrected chi connectivity index (χ0v) is 13.2. The van der Waals surface area contributed by atoms with E-state index < -0.39 is 0 Å². The number of aromatic nitrogens is 2. The monoisotopic (exact) mass is 296 g/mol. The number of hydrogen-bond donors (Lipinski definition) is 0. The van der Waals surface area contributed by atoms with Gasteiger partial charge in [0, 0.05) is 39.3 Å². The molecule has 0 bridgehead atoms. The largest absolute Gasteiger partial charge is 0.383 e. The second-order valence-electron chi connectivity index (χ2n) is 5.35. The van der Waals surface area contributed by atoms with Crippen molar-refractivity contribution in [3.8, 4) is 0 Å². The minimum Gasteiger partial charge on any atom is -0.383 e. The van der Waals surface area contributed by atoms with Gasteiger partial charge in [-0.05, 0) is 12.8 Å². The average molecular weight is 296 g/mol. The Balaban J connectivity index is 2.10. The third-order valence-electron chi connectivity index (χ3n) is 4.14. The molecule has 21 heavy (non-hydrogen) atoms. The molecule has 1 atom stereocenters. The van der Waals surface area contributed by atoms with Crippen molar-refractivity contribution in [2.45, 2.75) is 32.7 Å². The summed E-state index contributed by atoms with van der Waals surface area (Å²) >= 11 is 0. The average Bonchev–Trinajstić information content (AvgIpc) is 2.53. The van der Waals surface area contributed by atoms with E-state index in [0.29, 0.717) is 24.0 Å². The highest BCUT2D eigenvalue weighted by molar-refractivity contribution is 5.42. The molecule has 118 valence electrons. The van der Waals surface area contributed by atoms with E-state index in [1.165, 1.54) is 6.33 Å². The Bertz CT molecular complexity index is 457. The van der Waals surface area contributed by atoms with Crippen LogP contribution in [0.5, 0.6) is 0 Å². The molecule has 1 aromatic rings. The Morgan fingerprint density at radius 1 is 1.33 bits per heavy atom. The predicted octanol–water partition coefficient (Wildman–Crippen LogP) is 1.73. The number of hydrogen-bond acceptors (Lipinski definition) is 5. The molecule has 1 fully saturated rings. The molecule has 1 aromatic heterocycles. The van der Waals surface area contributed by atoms with E-state index in [1.807, 2.05) is 11.8 Å². The van der Waals surface area contributed by atoms with E-state index in [4.69, 9.17) is 4.74 Å². The van der Waals surface area contributed by atoms with Gasteiger partial charge in [0.15, 0.2) is 11.6 Å². The molecule has 6 heteroatoms. The molecule has 0 saturated carbocycles. The zero-order valence-electron chi connectivity index (χ0n) is 13.2. The van der Waals surface area contributed by atoms with Gasteiger partial charge in [0.25, 0.3) is 0 Å². The fourth-order valence-corrected chi connectivity index (χ4v) is 2.84. The summed E-state index contributed by atoms with van der Waals surface area (Å²) < 4.78 is 19.6. The van der Waals surface area contributed by atoms with Crippen molar-refractivity contribution < 1.29 is 9.13 Å². The number of methoxy groups -OCH3 is 1. The third kappa shape index (κ3) is 3.68. The first-order valence-corrected chi connectivity index (χ1v) is 7.68. The first kappa shape index (κ1) is 16.1. The van der Waals surface area contributed by atoms with Gasteiger partial charge in [-0.15, -0.1) is 0 Å². The molecule has 5 nitrogen and oxygen atoms in total. The summed E-state index contributed by atoms with van der Waals surface area (Å²) in [5, 5.41) is 0. The molecule has 1 saturated heterocycles. The highest BCUT2D eigenvalue weighted by Crippen LogP contribution is 2.22. The summed E-state index contributed by atoms with van der Waals surface area (Å²) in [6, 6.07) is 0.411. The van der Waals surface area contributed by atoms with E-state index in [2.05, 4.69) is 21.8 Å². The van der Waals surface area contributed by atoms with Gasteiger partial charge in [0.05, 0.1) is 12.3 Å². The van der Waals surface area contributed by atoms with E-state index >= 15 is 0 Å². The number of rotatable bonds is 6. The molecule has 2 rings (SSSR count). The highest BCUT2D eigenvalue weighted by Gasteiger charge is 2.28. The Kier molecular flexibility index (Phi) is 5.87. The van der Waals surface area contributed by atoms with Crippen molar-refractivity contribution in [2.75, 3.05) is 44.8 Å². The van der Waals surface area contributed by atoms with Gasteiger partial charge >= 0.3 is 0 Å². The topological polar surface area (TPSA) is 41.5 Å². The van der Waals surface area contributed by atoms with Gasteiger partial charge in [-0.25, -0.2) is 14.4 Å². The summed E-state index contributed by atoms with van der Waals surface area (Å²) in [6.07, 6.45) is 3.09. The van der Waals surface area contributed by atoms with E-state index in [-0.39, 0.29) is 5.82 Å². The Morgan fingerprint density at radius 2 is 2.14 bits per heavy atom. The van der Waals surface area contributed by atoms with Gasteiger partial charge in [0.1, 0.15) is 6.33 Å². The SMILES string of the molecule is CCc1ncnc(N2CCN(CCOC)C(CC)C2)c1F. The first-order valence-electron chi connectivity index (χ1n) is 7.68. The first-order chi connectivity index (χ1) is 10.2. The summed E-state index contributed by atoms with van der Waals surface area (Å²) in [5.74, 6) is 0.187. The molecular formula is C15H25FN4O. The maximum Gasteiger partial charge on any atom is 0.187 e. The molecule has 2 heterocycles. The summed E-state index contributed by atoms with van der Waals surface area (Å²) in [7, 11) is 1.72. The lowest BCUT2D eigenvalue weighted by Crippen LogP contribution is -2.54. The van der Waals surface area contributed by atoms with Crippen LogP contribution in [0.4, 0.5) is 10.2 Å². The second-order valence-corrected chi connectivity index (χ2v) is 5.35. The summed E-state index contributed by atoms with van der Waals surface area (Å²) in [4.78, 5) is 12.6. The minimum atomic E-state index is -0.264. The molecule has 0 N–H and O–H groups in total. The number of piperazine rings is 1. The van der Waals surface area contributed by atoms with Crippen molar-refractivity contribution in [1.82, 2.24) is 14.9 Å². The van der Waals surface area contributed by atoms with Crippen LogP contribution in [-0.2, 0) is 11.2 Å². The normalized spacial score (nSPS) is 20.0. The predicted molar refractivity (Wildman–Crippen MR) is 81.1 cm³/mol. The van der Waals surface area contributed by atoms with Crippen LogP contribution in [0.3, 0.4) is 0 Å². The number of anilines is 1. The van der Waals surface area contributed by atoms with Crippen LogP contribution >= 0.6 is 0 Å². The molecule has 0 aliphatic carbocycles. The van der Waals surface area contributed by atoms with Crippen molar-refractivity contribution in [2.24, 2.45) is 0 Å². The van der Waals surface area contributed by atoms with Crippen LogP contribution in [0.15, 0.2) is 6.33 Å². The lowest BCUT2D eigenvalue weighted by atomic mass is 10.1. The molecule has 1 aliphatic heterocycles. The Labute approximate surface area is 126 Å². The molecule has 0 spiro atoms. The zero-order chi connectivity index (χ0) is 15.2. The van der Waals surface area contributed by atoms with Gasteiger partial charge < -0.3 is 9.64 Å². The smallest absolute Gasteiger partial charge is 0.187 e. The lowest BCUT2D eigenvalue weighted by Gasteiger charge is -2.41. The van der Waals surface area contributed by atoms with Crippen LogP contribution < -0.4 is 4.90 Å². The summed E-state index contributed by atoms with van der Waals surface area (Å²) in [6.45, 7) is 8.24. The Morgan fingerprint density at radius 3 is 2.81 bits per heavy atom. The Hall–Kier alpha value is -1.27. The van der Waals surface area contributed by atoms with Crippen molar-refractivity contribution in [3.05, 3.63) is 17.8 Å². The molecule has 1 unspecified atom stereocenters. The fraction of sp³-hybridized carbons (Fsp3) is 0.733.